The molecule has 0 aliphatic carbocycles. The summed E-state index contributed by atoms with van der Waals surface area (Å²) in [5, 5.41) is 24.8. The van der Waals surface area contributed by atoms with Crippen molar-refractivity contribution in [3.8, 4) is 11.9 Å². The number of aromatic nitrogens is 4. The number of nitrogen functional groups attached to an aromatic ring is 1. The number of nitrogens with one attached hydrogen (secondary N) is 1. The van der Waals surface area contributed by atoms with Crippen LogP contribution >= 0.6 is 0 Å². The first-order chi connectivity index (χ1) is 9.81. The van der Waals surface area contributed by atoms with Crippen molar-refractivity contribution in [2.45, 2.75) is 0 Å². The second kappa shape index (κ2) is 5.14. The molecule has 8 heteroatoms. The number of nitrogens with zero attached hydrogens (tertiary/aromatic N) is 6. The van der Waals surface area contributed by atoms with Gasteiger partial charge >= 0.3 is 0 Å². The molecule has 0 saturated carbocycles. The summed E-state index contributed by atoms with van der Waals surface area (Å²) < 4.78 is 1.46. The van der Waals surface area contributed by atoms with E-state index in [1.807, 2.05) is 0 Å². The molecule has 2 aromatic rings. The lowest BCUT2D eigenvalue weighted by Gasteiger charge is -2.27. The molecule has 0 radical (unpaired) electrons. The van der Waals surface area contributed by atoms with Crippen molar-refractivity contribution in [3.05, 3.63) is 23.9 Å². The minimum atomic E-state index is 0.293. The number of nitriles is 1. The molecule has 0 bridgehead atoms. The Morgan fingerprint density at radius 2 is 2.15 bits per heavy atom. The van der Waals surface area contributed by atoms with Crippen molar-refractivity contribution < 1.29 is 0 Å². The lowest BCUT2D eigenvalue weighted by Crippen LogP contribution is -2.44. The number of anilines is 2. The van der Waals surface area contributed by atoms with Crippen LogP contribution in [0.3, 0.4) is 0 Å². The molecule has 1 aliphatic heterocycles. The molecule has 0 atom stereocenters. The van der Waals surface area contributed by atoms with Crippen LogP contribution in [0.4, 0.5) is 11.6 Å². The predicted octanol–water partition coefficient (Wildman–Crippen LogP) is -0.474. The number of nitrogens with two attached hydrogens (primary N) is 1. The second-order valence-electron chi connectivity index (χ2n) is 4.43. The number of piperazine rings is 1. The molecular weight excluding hydrogens is 256 g/mol. The van der Waals surface area contributed by atoms with E-state index in [2.05, 4.69) is 31.6 Å². The van der Waals surface area contributed by atoms with E-state index in [0.29, 0.717) is 23.0 Å². The van der Waals surface area contributed by atoms with Gasteiger partial charge in [0.2, 0.25) is 0 Å². The maximum absolute atomic E-state index is 9.33. The summed E-state index contributed by atoms with van der Waals surface area (Å²) >= 11 is 0. The van der Waals surface area contributed by atoms with Crippen LogP contribution in [0.5, 0.6) is 0 Å². The largest absolute Gasteiger partial charge is 0.382 e. The van der Waals surface area contributed by atoms with Crippen LogP contribution in [0, 0.1) is 11.3 Å². The summed E-state index contributed by atoms with van der Waals surface area (Å²) in [5.74, 6) is 1.40. The van der Waals surface area contributed by atoms with Gasteiger partial charge in [0.25, 0.3) is 0 Å². The molecule has 0 amide bonds. The molecule has 0 spiro atoms. The van der Waals surface area contributed by atoms with Crippen LogP contribution in [0.1, 0.15) is 5.56 Å². The van der Waals surface area contributed by atoms with Crippen molar-refractivity contribution in [1.82, 2.24) is 25.3 Å². The maximum Gasteiger partial charge on any atom is 0.178 e. The van der Waals surface area contributed by atoms with Gasteiger partial charge in [0.05, 0.1) is 0 Å². The van der Waals surface area contributed by atoms with E-state index < -0.39 is 0 Å². The highest BCUT2D eigenvalue weighted by atomic mass is 15.4. The number of hydrogen-bond donors (Lipinski definition) is 2. The molecule has 2 aromatic heterocycles. The van der Waals surface area contributed by atoms with Gasteiger partial charge in [0.1, 0.15) is 17.5 Å². The molecule has 1 aliphatic rings. The van der Waals surface area contributed by atoms with Crippen LogP contribution in [-0.2, 0) is 0 Å². The quantitative estimate of drug-likeness (QED) is 0.759. The SMILES string of the molecule is N#Cc1c(N2CCNCC2)nn(-c2cccnn2)c1N. The molecule has 1 fully saturated rings. The van der Waals surface area contributed by atoms with Gasteiger partial charge in [-0.3, -0.25) is 0 Å². The van der Waals surface area contributed by atoms with Gasteiger partial charge in [-0.2, -0.15) is 15.0 Å². The number of hydrogen-bond acceptors (Lipinski definition) is 7. The van der Waals surface area contributed by atoms with Crippen molar-refractivity contribution in [2.75, 3.05) is 36.8 Å². The van der Waals surface area contributed by atoms with Crippen LogP contribution in [-0.4, -0.2) is 46.2 Å². The summed E-state index contributed by atoms with van der Waals surface area (Å²) in [5.41, 5.74) is 6.41. The summed E-state index contributed by atoms with van der Waals surface area (Å²) in [6, 6.07) is 5.63. The first-order valence-corrected chi connectivity index (χ1v) is 6.33. The smallest absolute Gasteiger partial charge is 0.178 e. The highest BCUT2D eigenvalue weighted by Gasteiger charge is 2.23. The van der Waals surface area contributed by atoms with Crippen molar-refractivity contribution in [1.29, 1.82) is 5.26 Å². The zero-order valence-electron chi connectivity index (χ0n) is 10.8. The van der Waals surface area contributed by atoms with Gasteiger partial charge in [-0.25, -0.2) is 0 Å². The molecule has 0 aromatic carbocycles. The van der Waals surface area contributed by atoms with E-state index in [1.54, 1.807) is 18.3 Å². The van der Waals surface area contributed by atoms with Crippen LogP contribution in [0.2, 0.25) is 0 Å². The zero-order chi connectivity index (χ0) is 13.9. The van der Waals surface area contributed by atoms with E-state index >= 15 is 0 Å². The lowest BCUT2D eigenvalue weighted by molar-refractivity contribution is 0.582. The third kappa shape index (κ3) is 2.04. The van der Waals surface area contributed by atoms with Gasteiger partial charge in [-0.15, -0.1) is 10.2 Å². The predicted molar refractivity (Wildman–Crippen MR) is 73.4 cm³/mol. The third-order valence-electron chi connectivity index (χ3n) is 3.21. The van der Waals surface area contributed by atoms with Gasteiger partial charge in [-0.1, -0.05) is 0 Å². The summed E-state index contributed by atoms with van der Waals surface area (Å²) in [7, 11) is 0. The third-order valence-corrected chi connectivity index (χ3v) is 3.21. The molecule has 3 N–H and O–H groups in total. The molecule has 20 heavy (non-hydrogen) atoms. The average Bonchev–Trinajstić information content (AvgIpc) is 2.86. The first-order valence-electron chi connectivity index (χ1n) is 6.33. The summed E-state index contributed by atoms with van der Waals surface area (Å²) in [4.78, 5) is 2.05. The molecular formula is C12H14N8. The fraction of sp³-hybridized carbons (Fsp3) is 0.333. The summed E-state index contributed by atoms with van der Waals surface area (Å²) in [6.07, 6.45) is 1.58. The van der Waals surface area contributed by atoms with Gasteiger partial charge in [-0.05, 0) is 12.1 Å². The van der Waals surface area contributed by atoms with Crippen molar-refractivity contribution in [2.24, 2.45) is 0 Å². The summed E-state index contributed by atoms with van der Waals surface area (Å²) in [6.45, 7) is 3.32. The minimum absolute atomic E-state index is 0.293. The number of rotatable bonds is 2. The van der Waals surface area contributed by atoms with E-state index in [0.717, 1.165) is 26.2 Å². The van der Waals surface area contributed by atoms with Gasteiger partial charge in [0, 0.05) is 32.4 Å². The van der Waals surface area contributed by atoms with Gasteiger partial charge < -0.3 is 16.0 Å². The van der Waals surface area contributed by atoms with Crippen molar-refractivity contribution in [3.63, 3.8) is 0 Å². The molecule has 0 unspecified atom stereocenters. The Labute approximate surface area is 115 Å². The lowest BCUT2D eigenvalue weighted by atomic mass is 10.2. The zero-order valence-corrected chi connectivity index (χ0v) is 10.8. The second-order valence-corrected chi connectivity index (χ2v) is 4.43. The standard InChI is InChI=1S/C12H14N8/c13-8-9-11(14)20(10-2-1-3-16-17-10)18-12(9)19-6-4-15-5-7-19/h1-3,15H,4-7,14H2. The van der Waals surface area contributed by atoms with E-state index in [4.69, 9.17) is 5.73 Å². The van der Waals surface area contributed by atoms with Crippen LogP contribution in [0.15, 0.2) is 18.3 Å². The van der Waals surface area contributed by atoms with E-state index in [9.17, 15) is 5.26 Å². The van der Waals surface area contributed by atoms with Crippen LogP contribution in [0.25, 0.3) is 5.82 Å². The molecule has 3 rings (SSSR count). The van der Waals surface area contributed by atoms with Crippen molar-refractivity contribution >= 4 is 11.6 Å². The fourth-order valence-electron chi connectivity index (χ4n) is 2.21. The Morgan fingerprint density at radius 3 is 2.80 bits per heavy atom. The fourth-order valence-corrected chi connectivity index (χ4v) is 2.21. The first kappa shape index (κ1) is 12.4. The Balaban J connectivity index is 2.05. The molecule has 1 saturated heterocycles. The highest BCUT2D eigenvalue weighted by molar-refractivity contribution is 5.66. The Hall–Kier alpha value is -2.66. The topological polar surface area (TPSA) is 109 Å². The Kier molecular flexibility index (Phi) is 3.18. The molecule has 8 nitrogen and oxygen atoms in total. The monoisotopic (exact) mass is 270 g/mol. The molecule has 3 heterocycles. The van der Waals surface area contributed by atoms with E-state index in [-0.39, 0.29) is 0 Å². The Morgan fingerprint density at radius 1 is 1.35 bits per heavy atom. The maximum atomic E-state index is 9.33. The van der Waals surface area contributed by atoms with E-state index in [1.165, 1.54) is 4.68 Å². The minimum Gasteiger partial charge on any atom is -0.382 e. The highest BCUT2D eigenvalue weighted by Crippen LogP contribution is 2.26. The Bertz CT molecular complexity index is 635. The van der Waals surface area contributed by atoms with Crippen LogP contribution < -0.4 is 16.0 Å². The normalized spacial score (nSPS) is 15.1. The molecule has 102 valence electrons. The van der Waals surface area contributed by atoms with Gasteiger partial charge in [0.15, 0.2) is 11.6 Å². The average molecular weight is 270 g/mol.